The summed E-state index contributed by atoms with van der Waals surface area (Å²) in [7, 11) is -3.70. The van der Waals surface area contributed by atoms with Crippen molar-refractivity contribution in [1.29, 1.82) is 0 Å². The van der Waals surface area contributed by atoms with Crippen LogP contribution in [-0.4, -0.2) is 36.2 Å². The van der Waals surface area contributed by atoms with Gasteiger partial charge in [0.25, 0.3) is 0 Å². The van der Waals surface area contributed by atoms with Gasteiger partial charge in [-0.3, -0.25) is 4.57 Å². The molecular weight excluding hydrogens is 525 g/mol. The van der Waals surface area contributed by atoms with E-state index in [-0.39, 0.29) is 19.5 Å². The third-order valence-electron chi connectivity index (χ3n) is 6.94. The Morgan fingerprint density at radius 3 is 2.38 bits per heavy atom. The summed E-state index contributed by atoms with van der Waals surface area (Å²) in [4.78, 5) is 4.79. The van der Waals surface area contributed by atoms with Gasteiger partial charge in [0.15, 0.2) is 6.29 Å². The van der Waals surface area contributed by atoms with E-state index >= 15 is 0 Å². The van der Waals surface area contributed by atoms with E-state index in [1.165, 1.54) is 0 Å². The molecule has 0 spiro atoms. The zero-order valence-electron chi connectivity index (χ0n) is 23.0. The van der Waals surface area contributed by atoms with E-state index in [1.807, 2.05) is 72.8 Å². The number of ether oxygens (including phenoxy) is 2. The van der Waals surface area contributed by atoms with Crippen molar-refractivity contribution in [1.82, 2.24) is 4.98 Å². The van der Waals surface area contributed by atoms with Crippen molar-refractivity contribution >= 4 is 23.8 Å². The molecule has 0 amide bonds. The number of pyridine rings is 1. The van der Waals surface area contributed by atoms with E-state index < -0.39 is 13.7 Å². The van der Waals surface area contributed by atoms with Gasteiger partial charge < -0.3 is 23.6 Å². The first-order valence-electron chi connectivity index (χ1n) is 13.9. The van der Waals surface area contributed by atoms with Crippen LogP contribution in [0.15, 0.2) is 78.9 Å². The summed E-state index contributed by atoms with van der Waals surface area (Å²) >= 11 is 0. The minimum absolute atomic E-state index is 0.138. The van der Waals surface area contributed by atoms with Crippen LogP contribution < -0.4 is 5.30 Å². The van der Waals surface area contributed by atoms with Gasteiger partial charge in [-0.2, -0.15) is 0 Å². The van der Waals surface area contributed by atoms with E-state index in [4.69, 9.17) is 23.5 Å². The molecule has 40 heavy (non-hydrogen) atoms. The lowest BCUT2D eigenvalue weighted by Crippen LogP contribution is -2.21. The first-order valence-corrected chi connectivity index (χ1v) is 15.4. The van der Waals surface area contributed by atoms with Crippen LogP contribution in [0, 0.1) is 0 Å². The summed E-state index contributed by atoms with van der Waals surface area (Å²) in [6.07, 6.45) is 2.08. The topological polar surface area (TPSA) is 87.1 Å². The number of aliphatic hydroxyl groups excluding tert-OH is 1. The molecule has 0 bridgehead atoms. The van der Waals surface area contributed by atoms with Gasteiger partial charge in [-0.1, -0.05) is 60.7 Å². The highest BCUT2D eigenvalue weighted by molar-refractivity contribution is 7.62. The first kappa shape index (κ1) is 28.6. The van der Waals surface area contributed by atoms with Gasteiger partial charge in [-0.25, -0.2) is 4.98 Å². The number of nitrogens with zero attached hydrogens (tertiary/aromatic N) is 1. The molecular formula is C32H36NO6P. The minimum atomic E-state index is -3.70. The molecule has 2 heterocycles. The van der Waals surface area contributed by atoms with Gasteiger partial charge in [0.2, 0.25) is 0 Å². The molecule has 210 valence electrons. The van der Waals surface area contributed by atoms with Gasteiger partial charge in [0, 0.05) is 12.0 Å². The Hall–Kier alpha value is -2.90. The fourth-order valence-corrected chi connectivity index (χ4v) is 6.68. The lowest BCUT2D eigenvalue weighted by Gasteiger charge is -2.22. The quantitative estimate of drug-likeness (QED) is 0.199. The van der Waals surface area contributed by atoms with Crippen LogP contribution in [0.2, 0.25) is 0 Å². The highest BCUT2D eigenvalue weighted by Crippen LogP contribution is 2.49. The second-order valence-electron chi connectivity index (χ2n) is 9.75. The minimum Gasteiger partial charge on any atom is -0.382 e. The fraction of sp³-hybridized carbons (Fsp3) is 0.344. The Kier molecular flexibility index (Phi) is 9.43. The Morgan fingerprint density at radius 2 is 1.70 bits per heavy atom. The lowest BCUT2D eigenvalue weighted by atomic mass is 10.0. The highest BCUT2D eigenvalue weighted by atomic mass is 31.2. The third-order valence-corrected chi connectivity index (χ3v) is 9.07. The van der Waals surface area contributed by atoms with Crippen LogP contribution in [-0.2, 0) is 29.7 Å². The molecule has 1 aliphatic rings. The highest BCUT2D eigenvalue weighted by Gasteiger charge is 2.31. The van der Waals surface area contributed by atoms with Crippen molar-refractivity contribution < 1.29 is 28.2 Å². The number of hydrogen-bond acceptors (Lipinski definition) is 7. The predicted octanol–water partition coefficient (Wildman–Crippen LogP) is 6.92. The average molecular weight is 562 g/mol. The number of benzene rings is 3. The maximum atomic E-state index is 14.1. The second kappa shape index (κ2) is 13.2. The lowest BCUT2D eigenvalue weighted by molar-refractivity contribution is -0.168. The average Bonchev–Trinajstić information content (AvgIpc) is 3.00. The molecule has 0 saturated carbocycles. The van der Waals surface area contributed by atoms with Crippen LogP contribution in [0.3, 0.4) is 0 Å². The first-order chi connectivity index (χ1) is 19.5. The van der Waals surface area contributed by atoms with Crippen LogP contribution >= 0.6 is 7.60 Å². The normalized spacial score (nSPS) is 16.7. The Labute approximate surface area is 235 Å². The monoisotopic (exact) mass is 561 g/mol. The van der Waals surface area contributed by atoms with Crippen molar-refractivity contribution in [3.05, 3.63) is 95.7 Å². The Balaban J connectivity index is 1.51. The van der Waals surface area contributed by atoms with E-state index in [1.54, 1.807) is 19.9 Å². The molecule has 1 aromatic heterocycles. The number of aromatic nitrogens is 1. The molecule has 2 unspecified atom stereocenters. The molecule has 4 aromatic rings. The molecule has 3 aromatic carbocycles. The maximum absolute atomic E-state index is 14.1. The van der Waals surface area contributed by atoms with Crippen LogP contribution in [0.4, 0.5) is 0 Å². The van der Waals surface area contributed by atoms with Crippen LogP contribution in [0.5, 0.6) is 0 Å². The predicted molar refractivity (Wildman–Crippen MR) is 157 cm³/mol. The van der Waals surface area contributed by atoms with E-state index in [0.29, 0.717) is 23.1 Å². The molecule has 0 aliphatic carbocycles. The van der Waals surface area contributed by atoms with Gasteiger partial charge in [-0.05, 0) is 73.6 Å². The smallest absolute Gasteiger partial charge is 0.363 e. The van der Waals surface area contributed by atoms with Crippen LogP contribution in [0.25, 0.3) is 22.0 Å². The summed E-state index contributed by atoms with van der Waals surface area (Å²) in [5.41, 5.74) is 4.54. The largest absolute Gasteiger partial charge is 0.382 e. The Bertz CT molecular complexity index is 1440. The molecule has 1 aliphatic heterocycles. The molecule has 7 nitrogen and oxygen atoms in total. The summed E-state index contributed by atoms with van der Waals surface area (Å²) in [6.45, 7) is 5.24. The number of hydrogen-bond donors (Lipinski definition) is 1. The molecule has 1 fully saturated rings. The number of aliphatic hydroxyl groups is 1. The zero-order chi connectivity index (χ0) is 28.0. The summed E-state index contributed by atoms with van der Waals surface area (Å²) in [5, 5.41) is 12.2. The van der Waals surface area contributed by atoms with Crippen LogP contribution in [0.1, 0.15) is 56.0 Å². The van der Waals surface area contributed by atoms with Crippen molar-refractivity contribution in [3.8, 4) is 11.1 Å². The van der Waals surface area contributed by atoms with Crippen molar-refractivity contribution in [2.45, 2.75) is 52.1 Å². The standard InChI is InChI=1S/C32H36NO6P/c1-3-38-40(35,39-4-2)29-21-27(24-15-13-23(14-16-24)22-37-30-12-8-9-19-36-30)20-26-17-18-28(33-31(26)29)32(34)25-10-6-5-7-11-25/h5-7,10-11,13-18,20-21,30,32,34H,3-4,8-9,12,19,22H2,1-2H3. The third kappa shape index (κ3) is 6.52. The molecule has 2 atom stereocenters. The summed E-state index contributed by atoms with van der Waals surface area (Å²) in [6, 6.07) is 25.0. The summed E-state index contributed by atoms with van der Waals surface area (Å²) in [5.74, 6) is 0. The van der Waals surface area contributed by atoms with Gasteiger partial charge in [0.1, 0.15) is 6.10 Å². The second-order valence-corrected chi connectivity index (χ2v) is 11.7. The molecule has 8 heteroatoms. The van der Waals surface area contributed by atoms with Gasteiger partial charge in [0.05, 0.1) is 36.3 Å². The van der Waals surface area contributed by atoms with Crippen molar-refractivity contribution in [2.24, 2.45) is 0 Å². The Morgan fingerprint density at radius 1 is 0.950 bits per heavy atom. The number of fused-ring (bicyclic) bond motifs is 1. The van der Waals surface area contributed by atoms with E-state index in [2.05, 4.69) is 0 Å². The van der Waals surface area contributed by atoms with Gasteiger partial charge >= 0.3 is 7.60 Å². The maximum Gasteiger partial charge on any atom is 0.363 e. The van der Waals surface area contributed by atoms with E-state index in [0.717, 1.165) is 53.5 Å². The SMILES string of the molecule is CCOP(=O)(OCC)c1cc(-c2ccc(COC3CCCCO3)cc2)cc2ccc(C(O)c3ccccc3)nc12. The van der Waals surface area contributed by atoms with E-state index in [9.17, 15) is 9.67 Å². The molecule has 0 radical (unpaired) electrons. The molecule has 5 rings (SSSR count). The molecule has 1 N–H and O–H groups in total. The summed E-state index contributed by atoms with van der Waals surface area (Å²) < 4.78 is 37.2. The van der Waals surface area contributed by atoms with Crippen molar-refractivity contribution in [2.75, 3.05) is 19.8 Å². The number of rotatable bonds is 11. The molecule has 1 saturated heterocycles. The van der Waals surface area contributed by atoms with Gasteiger partial charge in [-0.15, -0.1) is 0 Å². The van der Waals surface area contributed by atoms with Crippen molar-refractivity contribution in [3.63, 3.8) is 0 Å². The zero-order valence-corrected chi connectivity index (χ0v) is 23.9. The fourth-order valence-electron chi connectivity index (χ4n) is 4.91.